The summed E-state index contributed by atoms with van der Waals surface area (Å²) in [5, 5.41) is 0. The van der Waals surface area contributed by atoms with E-state index >= 15 is 0 Å². The van der Waals surface area contributed by atoms with Gasteiger partial charge in [0.1, 0.15) is 0 Å². The number of thiol groups is 1. The molecule has 1 aromatic rings. The van der Waals surface area contributed by atoms with E-state index in [2.05, 4.69) is 19.6 Å². The van der Waals surface area contributed by atoms with Gasteiger partial charge in [-0.05, 0) is 17.9 Å². The highest BCUT2D eigenvalue weighted by Gasteiger charge is 2.02. The van der Waals surface area contributed by atoms with Crippen molar-refractivity contribution in [2.24, 2.45) is 0 Å². The van der Waals surface area contributed by atoms with Crippen LogP contribution in [-0.4, -0.2) is 17.3 Å². The van der Waals surface area contributed by atoms with E-state index in [1.165, 1.54) is 4.90 Å². The van der Waals surface area contributed by atoms with Crippen molar-refractivity contribution in [2.75, 3.05) is 11.5 Å². The van der Waals surface area contributed by atoms with Crippen LogP contribution in [0, 0.1) is 0 Å². The minimum atomic E-state index is 0.0800. The molecule has 0 aliphatic rings. The highest BCUT2D eigenvalue weighted by molar-refractivity contribution is 7.99. The molecule has 0 atom stereocenters. The zero-order valence-electron chi connectivity index (χ0n) is 7.49. The fourth-order valence-corrected chi connectivity index (χ4v) is 1.84. The predicted octanol–water partition coefficient (Wildman–Crippen LogP) is 2.91. The van der Waals surface area contributed by atoms with Crippen molar-refractivity contribution in [2.45, 2.75) is 11.8 Å². The Labute approximate surface area is 88.3 Å². The van der Waals surface area contributed by atoms with Crippen LogP contribution in [0.15, 0.2) is 29.2 Å². The number of rotatable bonds is 4. The van der Waals surface area contributed by atoms with Gasteiger partial charge in [-0.15, -0.1) is 11.8 Å². The summed E-state index contributed by atoms with van der Waals surface area (Å²) in [5.74, 6) is 1.41. The van der Waals surface area contributed by atoms with Crippen LogP contribution >= 0.6 is 24.4 Å². The molecule has 1 aromatic carbocycles. The van der Waals surface area contributed by atoms with Gasteiger partial charge in [-0.1, -0.05) is 19.1 Å². The zero-order chi connectivity index (χ0) is 9.68. The Morgan fingerprint density at radius 2 is 2.00 bits per heavy atom. The Morgan fingerprint density at radius 3 is 2.46 bits per heavy atom. The molecule has 0 unspecified atom stereocenters. The minimum Gasteiger partial charge on any atom is -0.293 e. The van der Waals surface area contributed by atoms with Gasteiger partial charge in [-0.25, -0.2) is 0 Å². The number of hydrogen-bond donors (Lipinski definition) is 1. The Kier molecular flexibility index (Phi) is 4.39. The fourth-order valence-electron chi connectivity index (χ4n) is 0.995. The quantitative estimate of drug-likeness (QED) is 0.469. The topological polar surface area (TPSA) is 17.1 Å². The van der Waals surface area contributed by atoms with Crippen molar-refractivity contribution >= 4 is 30.2 Å². The third-order valence-corrected chi connectivity index (χ3v) is 2.81. The van der Waals surface area contributed by atoms with Crippen LogP contribution in [-0.2, 0) is 0 Å². The molecule has 0 bridgehead atoms. The molecule has 1 rings (SSSR count). The second kappa shape index (κ2) is 5.35. The number of thioether (sulfide) groups is 1. The number of hydrogen-bond acceptors (Lipinski definition) is 3. The first-order valence-corrected chi connectivity index (χ1v) is 5.76. The maximum absolute atomic E-state index is 11.2. The van der Waals surface area contributed by atoms with Crippen LogP contribution in [0.5, 0.6) is 0 Å². The summed E-state index contributed by atoms with van der Waals surface area (Å²) in [6, 6.07) is 7.67. The highest BCUT2D eigenvalue weighted by Crippen LogP contribution is 2.17. The summed E-state index contributed by atoms with van der Waals surface area (Å²) in [7, 11) is 0. The summed E-state index contributed by atoms with van der Waals surface area (Å²) in [4.78, 5) is 12.4. The zero-order valence-corrected chi connectivity index (χ0v) is 9.20. The van der Waals surface area contributed by atoms with Gasteiger partial charge < -0.3 is 0 Å². The maximum Gasteiger partial charge on any atom is 0.172 e. The molecule has 1 nitrogen and oxygen atoms in total. The maximum atomic E-state index is 11.2. The van der Waals surface area contributed by atoms with Crippen LogP contribution in [0.2, 0.25) is 0 Å². The SMILES string of the molecule is CCSc1ccc(C(=O)CS)cc1. The molecule has 0 fully saturated rings. The van der Waals surface area contributed by atoms with Crippen LogP contribution in [0.25, 0.3) is 0 Å². The first-order chi connectivity index (χ1) is 6.27. The molecule has 0 heterocycles. The summed E-state index contributed by atoms with van der Waals surface area (Å²) in [5.41, 5.74) is 0.746. The first-order valence-electron chi connectivity index (χ1n) is 4.15. The van der Waals surface area contributed by atoms with E-state index in [9.17, 15) is 4.79 Å². The summed E-state index contributed by atoms with van der Waals surface area (Å²) >= 11 is 5.71. The molecule has 0 spiro atoms. The van der Waals surface area contributed by atoms with Gasteiger partial charge in [0.25, 0.3) is 0 Å². The van der Waals surface area contributed by atoms with E-state index < -0.39 is 0 Å². The molecule has 0 amide bonds. The molecular weight excluding hydrogens is 200 g/mol. The third-order valence-electron chi connectivity index (χ3n) is 1.63. The molecule has 13 heavy (non-hydrogen) atoms. The van der Waals surface area contributed by atoms with E-state index in [0.717, 1.165) is 11.3 Å². The number of carbonyl (C=O) groups excluding carboxylic acids is 1. The number of ketones is 1. The third kappa shape index (κ3) is 3.08. The lowest BCUT2D eigenvalue weighted by Gasteiger charge is -2.00. The monoisotopic (exact) mass is 212 g/mol. The molecule has 0 radical (unpaired) electrons. The Balaban J connectivity index is 2.75. The predicted molar refractivity (Wildman–Crippen MR) is 61.0 cm³/mol. The number of carbonyl (C=O) groups is 1. The van der Waals surface area contributed by atoms with Gasteiger partial charge in [-0.2, -0.15) is 12.6 Å². The lowest BCUT2D eigenvalue weighted by Crippen LogP contribution is -1.99. The van der Waals surface area contributed by atoms with E-state index in [4.69, 9.17) is 0 Å². The largest absolute Gasteiger partial charge is 0.293 e. The lowest BCUT2D eigenvalue weighted by molar-refractivity contribution is 0.102. The molecule has 3 heteroatoms. The molecule has 0 aromatic heterocycles. The molecule has 0 saturated heterocycles. The van der Waals surface area contributed by atoms with Crippen LogP contribution in [0.1, 0.15) is 17.3 Å². The first kappa shape index (κ1) is 10.7. The number of benzene rings is 1. The van der Waals surface area contributed by atoms with Crippen LogP contribution < -0.4 is 0 Å². The van der Waals surface area contributed by atoms with Crippen molar-refractivity contribution in [1.82, 2.24) is 0 Å². The summed E-state index contributed by atoms with van der Waals surface area (Å²) in [6.45, 7) is 2.11. The van der Waals surface area contributed by atoms with E-state index in [-0.39, 0.29) is 11.5 Å². The van der Waals surface area contributed by atoms with Gasteiger partial charge >= 0.3 is 0 Å². The summed E-state index contributed by atoms with van der Waals surface area (Å²) in [6.07, 6.45) is 0. The summed E-state index contributed by atoms with van der Waals surface area (Å²) < 4.78 is 0. The van der Waals surface area contributed by atoms with Crippen molar-refractivity contribution in [1.29, 1.82) is 0 Å². The molecule has 0 aliphatic heterocycles. The van der Waals surface area contributed by atoms with Gasteiger partial charge in [0.2, 0.25) is 0 Å². The lowest BCUT2D eigenvalue weighted by atomic mass is 10.1. The molecule has 0 aliphatic carbocycles. The van der Waals surface area contributed by atoms with E-state index in [1.807, 2.05) is 24.3 Å². The van der Waals surface area contributed by atoms with E-state index in [0.29, 0.717) is 0 Å². The average Bonchev–Trinajstić information content (AvgIpc) is 2.18. The normalized spacial score (nSPS) is 10.0. The van der Waals surface area contributed by atoms with Crippen molar-refractivity contribution < 1.29 is 4.79 Å². The van der Waals surface area contributed by atoms with Crippen molar-refractivity contribution in [3.8, 4) is 0 Å². The molecular formula is C10H12OS2. The van der Waals surface area contributed by atoms with E-state index in [1.54, 1.807) is 11.8 Å². The minimum absolute atomic E-state index is 0.0800. The Morgan fingerprint density at radius 1 is 1.38 bits per heavy atom. The van der Waals surface area contributed by atoms with Gasteiger partial charge in [0.15, 0.2) is 5.78 Å². The molecule has 70 valence electrons. The molecule has 0 N–H and O–H groups in total. The van der Waals surface area contributed by atoms with Gasteiger partial charge in [0.05, 0.1) is 5.75 Å². The smallest absolute Gasteiger partial charge is 0.172 e. The highest BCUT2D eigenvalue weighted by atomic mass is 32.2. The second-order valence-electron chi connectivity index (χ2n) is 2.54. The van der Waals surface area contributed by atoms with Crippen molar-refractivity contribution in [3.63, 3.8) is 0 Å². The van der Waals surface area contributed by atoms with Gasteiger partial charge in [-0.3, -0.25) is 4.79 Å². The van der Waals surface area contributed by atoms with Gasteiger partial charge in [0, 0.05) is 10.5 Å². The Bertz CT molecular complexity index is 279. The van der Waals surface area contributed by atoms with Crippen molar-refractivity contribution in [3.05, 3.63) is 29.8 Å². The van der Waals surface area contributed by atoms with Crippen LogP contribution in [0.3, 0.4) is 0 Å². The second-order valence-corrected chi connectivity index (χ2v) is 4.19. The Hall–Kier alpha value is -0.410. The fraction of sp³-hybridized carbons (Fsp3) is 0.300. The number of Topliss-reactive ketones (excluding diaryl/α,β-unsaturated/α-hetero) is 1. The molecule has 0 saturated carbocycles. The van der Waals surface area contributed by atoms with Crippen LogP contribution in [0.4, 0.5) is 0 Å². The average molecular weight is 212 g/mol. The standard InChI is InChI=1S/C10H12OS2/c1-2-13-9-5-3-8(4-6-9)10(11)7-12/h3-6,12H,2,7H2,1H3.